The molecule has 0 bridgehead atoms. The van der Waals surface area contributed by atoms with Crippen molar-refractivity contribution in [2.24, 2.45) is 5.92 Å². The van der Waals surface area contributed by atoms with E-state index < -0.39 is 0 Å². The first-order valence-corrected chi connectivity index (χ1v) is 10.9. The molecule has 1 fully saturated rings. The Balaban J connectivity index is 1.45. The van der Waals surface area contributed by atoms with Crippen LogP contribution in [0.15, 0.2) is 53.4 Å². The van der Waals surface area contributed by atoms with Crippen molar-refractivity contribution in [3.8, 4) is 0 Å². The van der Waals surface area contributed by atoms with Crippen LogP contribution in [0.3, 0.4) is 0 Å². The molecule has 1 aliphatic rings. The number of thioether (sulfide) groups is 1. The van der Waals surface area contributed by atoms with Crippen LogP contribution in [0.2, 0.25) is 5.02 Å². The van der Waals surface area contributed by atoms with Gasteiger partial charge in [-0.25, -0.2) is 0 Å². The maximum absolute atomic E-state index is 12.4. The van der Waals surface area contributed by atoms with Crippen molar-refractivity contribution in [1.82, 2.24) is 10.2 Å². The summed E-state index contributed by atoms with van der Waals surface area (Å²) in [5.74, 6) is 1.46. The number of hydrogen-bond acceptors (Lipinski definition) is 3. The monoisotopic (exact) mass is 402 g/mol. The average molecular weight is 403 g/mol. The molecule has 1 aliphatic heterocycles. The first kappa shape index (κ1) is 20.2. The summed E-state index contributed by atoms with van der Waals surface area (Å²) in [5.41, 5.74) is 1.93. The maximum Gasteiger partial charge on any atom is 0.251 e. The molecule has 0 aliphatic carbocycles. The van der Waals surface area contributed by atoms with Crippen LogP contribution in [0.5, 0.6) is 0 Å². The molecule has 27 heavy (non-hydrogen) atoms. The number of likely N-dealkylation sites (tertiary alicyclic amines) is 1. The van der Waals surface area contributed by atoms with Crippen molar-refractivity contribution in [1.29, 1.82) is 0 Å². The van der Waals surface area contributed by atoms with Gasteiger partial charge in [-0.15, -0.1) is 11.8 Å². The lowest BCUT2D eigenvalue weighted by atomic mass is 10.1. The number of rotatable bonds is 7. The Bertz CT molecular complexity index is 746. The molecule has 0 saturated carbocycles. The summed E-state index contributed by atoms with van der Waals surface area (Å²) >= 11 is 7.68. The number of nitrogens with one attached hydrogen (secondary N) is 1. The van der Waals surface area contributed by atoms with Gasteiger partial charge in [0.15, 0.2) is 0 Å². The summed E-state index contributed by atoms with van der Waals surface area (Å²) in [6.45, 7) is 7.44. The average Bonchev–Trinajstić information content (AvgIpc) is 3.15. The molecule has 1 saturated heterocycles. The van der Waals surface area contributed by atoms with Gasteiger partial charge in [0.2, 0.25) is 0 Å². The number of nitrogens with zero attached hydrogens (tertiary/aromatic N) is 1. The van der Waals surface area contributed by atoms with Gasteiger partial charge in [-0.2, -0.15) is 0 Å². The molecule has 3 nitrogen and oxygen atoms in total. The summed E-state index contributed by atoms with van der Waals surface area (Å²) in [6, 6.07) is 16.4. The van der Waals surface area contributed by atoms with Crippen molar-refractivity contribution in [2.45, 2.75) is 37.0 Å². The Labute approximate surface area is 171 Å². The van der Waals surface area contributed by atoms with Crippen LogP contribution in [0.25, 0.3) is 0 Å². The zero-order chi connectivity index (χ0) is 19.2. The summed E-state index contributed by atoms with van der Waals surface area (Å²) in [7, 11) is 0. The predicted octanol–water partition coefficient (Wildman–Crippen LogP) is 5.09. The number of carbonyl (C=O) groups is 1. The van der Waals surface area contributed by atoms with Gasteiger partial charge in [0.1, 0.15) is 0 Å². The van der Waals surface area contributed by atoms with Gasteiger partial charge < -0.3 is 10.2 Å². The highest BCUT2D eigenvalue weighted by atomic mass is 35.5. The largest absolute Gasteiger partial charge is 0.352 e. The second-order valence-corrected chi connectivity index (χ2v) is 8.88. The Kier molecular flexibility index (Phi) is 7.22. The van der Waals surface area contributed by atoms with Crippen LogP contribution in [0.1, 0.15) is 36.2 Å². The van der Waals surface area contributed by atoms with Crippen molar-refractivity contribution >= 4 is 29.3 Å². The molecule has 1 heterocycles. The van der Waals surface area contributed by atoms with Gasteiger partial charge in [0.25, 0.3) is 5.91 Å². The van der Waals surface area contributed by atoms with E-state index in [0.717, 1.165) is 36.0 Å². The Morgan fingerprint density at radius 2 is 1.89 bits per heavy atom. The molecule has 0 radical (unpaired) electrons. The fraction of sp³-hybridized carbons (Fsp3) is 0.409. The molecular weight excluding hydrogens is 376 g/mol. The standard InChI is InChI=1S/C22H27ClN2OS/c1-16(2)25-12-11-18(14-25)13-24-22(26)19-5-3-17(4-6-19)15-27-21-9-7-20(23)8-10-21/h3-10,16,18H,11-15H2,1-2H3,(H,24,26). The lowest BCUT2D eigenvalue weighted by molar-refractivity contribution is 0.0947. The van der Waals surface area contributed by atoms with Crippen molar-refractivity contribution in [3.05, 3.63) is 64.7 Å². The van der Waals surface area contributed by atoms with Gasteiger partial charge >= 0.3 is 0 Å². The summed E-state index contributed by atoms with van der Waals surface area (Å²) < 4.78 is 0. The van der Waals surface area contributed by atoms with E-state index in [0.29, 0.717) is 12.0 Å². The molecular formula is C22H27ClN2OS. The Morgan fingerprint density at radius 3 is 2.52 bits per heavy atom. The van der Waals surface area contributed by atoms with Crippen LogP contribution in [0.4, 0.5) is 0 Å². The van der Waals surface area contributed by atoms with Crippen LogP contribution >= 0.6 is 23.4 Å². The van der Waals surface area contributed by atoms with E-state index >= 15 is 0 Å². The third-order valence-corrected chi connectivity index (χ3v) is 6.37. The molecule has 1 N–H and O–H groups in total. The van der Waals surface area contributed by atoms with E-state index in [-0.39, 0.29) is 5.91 Å². The minimum absolute atomic E-state index is 0.0231. The highest BCUT2D eigenvalue weighted by Crippen LogP contribution is 2.24. The van der Waals surface area contributed by atoms with E-state index in [1.54, 1.807) is 11.8 Å². The maximum atomic E-state index is 12.4. The fourth-order valence-electron chi connectivity index (χ4n) is 3.29. The third-order valence-electron chi connectivity index (χ3n) is 5.03. The molecule has 144 valence electrons. The number of hydrogen-bond donors (Lipinski definition) is 1. The second-order valence-electron chi connectivity index (χ2n) is 7.39. The Hall–Kier alpha value is -1.49. The molecule has 1 atom stereocenters. The number of benzene rings is 2. The molecule has 2 aromatic carbocycles. The SMILES string of the molecule is CC(C)N1CCC(CNC(=O)c2ccc(CSc3ccc(Cl)cc3)cc2)C1. The fourth-order valence-corrected chi connectivity index (χ4v) is 4.27. The molecule has 2 aromatic rings. The third kappa shape index (κ3) is 6.00. The molecule has 1 unspecified atom stereocenters. The van der Waals surface area contributed by atoms with Crippen molar-refractivity contribution in [2.75, 3.05) is 19.6 Å². The highest BCUT2D eigenvalue weighted by molar-refractivity contribution is 7.98. The summed E-state index contributed by atoms with van der Waals surface area (Å²) in [5, 5.41) is 3.85. The molecule has 3 rings (SSSR count). The summed E-state index contributed by atoms with van der Waals surface area (Å²) in [4.78, 5) is 16.1. The minimum Gasteiger partial charge on any atom is -0.352 e. The molecule has 0 spiro atoms. The van der Waals surface area contributed by atoms with E-state index in [9.17, 15) is 4.79 Å². The van der Waals surface area contributed by atoms with E-state index in [1.807, 2.05) is 48.5 Å². The molecule has 1 amide bonds. The van der Waals surface area contributed by atoms with Gasteiger partial charge in [-0.1, -0.05) is 23.7 Å². The van der Waals surface area contributed by atoms with Gasteiger partial charge in [0, 0.05) is 40.4 Å². The topological polar surface area (TPSA) is 32.3 Å². The normalized spacial score (nSPS) is 17.4. The lowest BCUT2D eigenvalue weighted by Gasteiger charge is -2.20. The first-order valence-electron chi connectivity index (χ1n) is 9.51. The smallest absolute Gasteiger partial charge is 0.251 e. The van der Waals surface area contributed by atoms with Gasteiger partial charge in [0.05, 0.1) is 0 Å². The van der Waals surface area contributed by atoms with E-state index in [1.165, 1.54) is 16.9 Å². The second kappa shape index (κ2) is 9.63. The van der Waals surface area contributed by atoms with Crippen LogP contribution in [-0.2, 0) is 5.75 Å². The Morgan fingerprint density at radius 1 is 1.19 bits per heavy atom. The molecule has 0 aromatic heterocycles. The van der Waals surface area contributed by atoms with E-state index in [2.05, 4.69) is 24.1 Å². The van der Waals surface area contributed by atoms with Crippen LogP contribution < -0.4 is 5.32 Å². The van der Waals surface area contributed by atoms with E-state index in [4.69, 9.17) is 11.6 Å². The van der Waals surface area contributed by atoms with Crippen molar-refractivity contribution < 1.29 is 4.79 Å². The van der Waals surface area contributed by atoms with Crippen molar-refractivity contribution in [3.63, 3.8) is 0 Å². The van der Waals surface area contributed by atoms with Gasteiger partial charge in [-0.05, 0) is 74.7 Å². The van der Waals surface area contributed by atoms with Crippen LogP contribution in [-0.4, -0.2) is 36.5 Å². The quantitative estimate of drug-likeness (QED) is 0.654. The minimum atomic E-state index is 0.0231. The number of carbonyl (C=O) groups excluding carboxylic acids is 1. The first-order chi connectivity index (χ1) is 13.0. The zero-order valence-corrected chi connectivity index (χ0v) is 17.5. The summed E-state index contributed by atoms with van der Waals surface area (Å²) in [6.07, 6.45) is 1.17. The van der Waals surface area contributed by atoms with Gasteiger partial charge in [-0.3, -0.25) is 4.79 Å². The zero-order valence-electron chi connectivity index (χ0n) is 16.0. The predicted molar refractivity (Wildman–Crippen MR) is 115 cm³/mol. The number of amides is 1. The lowest BCUT2D eigenvalue weighted by Crippen LogP contribution is -2.32. The highest BCUT2D eigenvalue weighted by Gasteiger charge is 2.24. The number of halogens is 1. The van der Waals surface area contributed by atoms with Crippen LogP contribution in [0, 0.1) is 5.92 Å². The molecule has 5 heteroatoms.